The van der Waals surface area contributed by atoms with E-state index >= 15 is 0 Å². The minimum Gasteiger partial charge on any atom is -0.361 e. The lowest BCUT2D eigenvalue weighted by Gasteiger charge is -2.32. The van der Waals surface area contributed by atoms with Gasteiger partial charge in [0.15, 0.2) is 0 Å². The molecule has 0 unspecified atom stereocenters. The molecule has 2 aromatic heterocycles. The zero-order chi connectivity index (χ0) is 14.8. The summed E-state index contributed by atoms with van der Waals surface area (Å²) in [6.45, 7) is 9.87. The summed E-state index contributed by atoms with van der Waals surface area (Å²) in [6, 6.07) is 1.98. The summed E-state index contributed by atoms with van der Waals surface area (Å²) < 4.78 is 0. The van der Waals surface area contributed by atoms with Crippen molar-refractivity contribution in [1.82, 2.24) is 24.8 Å². The minimum atomic E-state index is 0.992. The minimum absolute atomic E-state index is 0.992. The Labute approximate surface area is 126 Å². The number of hydrogen-bond donors (Lipinski definition) is 1. The average Bonchev–Trinajstić information content (AvgIpc) is 2.77. The van der Waals surface area contributed by atoms with Crippen LogP contribution >= 0.6 is 0 Å². The number of hydrogen-bond acceptors (Lipinski definition) is 4. The van der Waals surface area contributed by atoms with E-state index in [-0.39, 0.29) is 0 Å². The van der Waals surface area contributed by atoms with Gasteiger partial charge in [0.25, 0.3) is 0 Å². The van der Waals surface area contributed by atoms with Crippen molar-refractivity contribution in [2.24, 2.45) is 0 Å². The van der Waals surface area contributed by atoms with Gasteiger partial charge in [-0.3, -0.25) is 4.90 Å². The van der Waals surface area contributed by atoms with E-state index in [4.69, 9.17) is 0 Å². The largest absolute Gasteiger partial charge is 0.361 e. The maximum absolute atomic E-state index is 4.39. The number of rotatable bonds is 3. The molecule has 5 heteroatoms. The second-order valence-corrected chi connectivity index (χ2v) is 5.90. The summed E-state index contributed by atoms with van der Waals surface area (Å²) in [5.74, 6) is 0. The molecule has 0 atom stereocenters. The first-order valence-electron chi connectivity index (χ1n) is 7.50. The molecular weight excluding hydrogens is 262 g/mol. The third-order valence-corrected chi connectivity index (χ3v) is 4.36. The van der Waals surface area contributed by atoms with Crippen LogP contribution in [0.15, 0.2) is 18.6 Å². The number of aryl methyl sites for hydroxylation is 1. The molecule has 3 rings (SSSR count). The Morgan fingerprint density at radius 3 is 2.62 bits per heavy atom. The number of H-pyrrole nitrogens is 1. The molecule has 1 saturated heterocycles. The number of nitrogens with one attached hydrogen (secondary N) is 1. The Kier molecular flexibility index (Phi) is 4.03. The van der Waals surface area contributed by atoms with Gasteiger partial charge in [0.2, 0.25) is 0 Å². The summed E-state index contributed by atoms with van der Waals surface area (Å²) in [5, 5.41) is 0. The summed E-state index contributed by atoms with van der Waals surface area (Å²) in [7, 11) is 2.19. The van der Waals surface area contributed by atoms with E-state index in [1.54, 1.807) is 12.5 Å². The SMILES string of the molecule is Cc1[nH]c(CN2CCN(C)CC2)c(C)c1-c1ccncn1. The molecule has 0 amide bonds. The Morgan fingerprint density at radius 1 is 1.19 bits per heavy atom. The number of aromatic amines is 1. The number of likely N-dealkylation sites (N-methyl/N-ethyl adjacent to an activating group) is 1. The molecule has 0 spiro atoms. The third-order valence-electron chi connectivity index (χ3n) is 4.36. The highest BCUT2D eigenvalue weighted by Crippen LogP contribution is 2.28. The molecule has 1 N–H and O–H groups in total. The van der Waals surface area contributed by atoms with Crippen molar-refractivity contribution in [1.29, 1.82) is 0 Å². The van der Waals surface area contributed by atoms with Gasteiger partial charge >= 0.3 is 0 Å². The quantitative estimate of drug-likeness (QED) is 0.935. The first kappa shape index (κ1) is 14.2. The van der Waals surface area contributed by atoms with Crippen LogP contribution in [0.25, 0.3) is 11.3 Å². The van der Waals surface area contributed by atoms with Crippen LogP contribution in [0.1, 0.15) is 17.0 Å². The standard InChI is InChI=1S/C16H23N5/c1-12-15(10-21-8-6-20(3)7-9-21)19-13(2)16(12)14-4-5-17-11-18-14/h4-5,11,19H,6-10H2,1-3H3. The lowest BCUT2D eigenvalue weighted by molar-refractivity contribution is 0.147. The van der Waals surface area contributed by atoms with Crippen molar-refractivity contribution >= 4 is 0 Å². The van der Waals surface area contributed by atoms with E-state index in [1.807, 2.05) is 6.07 Å². The molecule has 0 aromatic carbocycles. The highest BCUT2D eigenvalue weighted by atomic mass is 15.2. The van der Waals surface area contributed by atoms with Crippen LogP contribution in [0.2, 0.25) is 0 Å². The van der Waals surface area contributed by atoms with Gasteiger partial charge in [-0.2, -0.15) is 0 Å². The summed E-state index contributed by atoms with van der Waals surface area (Å²) in [4.78, 5) is 16.8. The van der Waals surface area contributed by atoms with E-state index in [2.05, 4.69) is 45.6 Å². The Balaban J connectivity index is 1.82. The Hall–Kier alpha value is -1.72. The fraction of sp³-hybridized carbons (Fsp3) is 0.500. The van der Waals surface area contributed by atoms with Crippen LogP contribution < -0.4 is 0 Å². The number of aromatic nitrogens is 3. The van der Waals surface area contributed by atoms with Crippen molar-refractivity contribution in [3.63, 3.8) is 0 Å². The first-order chi connectivity index (χ1) is 10.1. The molecule has 21 heavy (non-hydrogen) atoms. The molecule has 112 valence electrons. The molecule has 3 heterocycles. The lowest BCUT2D eigenvalue weighted by atomic mass is 10.1. The van der Waals surface area contributed by atoms with Gasteiger partial charge in [-0.25, -0.2) is 9.97 Å². The maximum Gasteiger partial charge on any atom is 0.116 e. The smallest absolute Gasteiger partial charge is 0.116 e. The fourth-order valence-corrected chi connectivity index (χ4v) is 3.03. The van der Waals surface area contributed by atoms with Gasteiger partial charge in [0.05, 0.1) is 5.69 Å². The van der Waals surface area contributed by atoms with E-state index in [1.165, 1.54) is 22.5 Å². The topological polar surface area (TPSA) is 48.1 Å². The summed E-state index contributed by atoms with van der Waals surface area (Å²) >= 11 is 0. The summed E-state index contributed by atoms with van der Waals surface area (Å²) in [5.41, 5.74) is 6.04. The lowest BCUT2D eigenvalue weighted by Crippen LogP contribution is -2.44. The van der Waals surface area contributed by atoms with Crippen LogP contribution in [0.5, 0.6) is 0 Å². The second-order valence-electron chi connectivity index (χ2n) is 5.90. The first-order valence-corrected chi connectivity index (χ1v) is 7.50. The zero-order valence-corrected chi connectivity index (χ0v) is 13.1. The highest BCUT2D eigenvalue weighted by Gasteiger charge is 2.18. The van der Waals surface area contributed by atoms with Gasteiger partial charge in [-0.05, 0) is 32.5 Å². The van der Waals surface area contributed by atoms with Crippen LogP contribution in [0, 0.1) is 13.8 Å². The van der Waals surface area contributed by atoms with Gasteiger partial charge in [0, 0.05) is 55.9 Å². The van der Waals surface area contributed by atoms with Gasteiger partial charge in [-0.15, -0.1) is 0 Å². The predicted molar refractivity (Wildman–Crippen MR) is 84.1 cm³/mol. The van der Waals surface area contributed by atoms with Gasteiger partial charge < -0.3 is 9.88 Å². The van der Waals surface area contributed by atoms with Crippen molar-refractivity contribution in [2.75, 3.05) is 33.2 Å². The van der Waals surface area contributed by atoms with Crippen LogP contribution in [-0.4, -0.2) is 58.0 Å². The predicted octanol–water partition coefficient (Wildman–Crippen LogP) is 1.84. The molecule has 0 saturated carbocycles. The molecule has 5 nitrogen and oxygen atoms in total. The van der Waals surface area contributed by atoms with E-state index < -0.39 is 0 Å². The molecule has 2 aromatic rings. The maximum atomic E-state index is 4.39. The number of nitrogens with zero attached hydrogens (tertiary/aromatic N) is 4. The van der Waals surface area contributed by atoms with Crippen molar-refractivity contribution < 1.29 is 0 Å². The van der Waals surface area contributed by atoms with Crippen molar-refractivity contribution in [2.45, 2.75) is 20.4 Å². The van der Waals surface area contributed by atoms with Crippen LogP contribution in [0.4, 0.5) is 0 Å². The summed E-state index contributed by atoms with van der Waals surface area (Å²) in [6.07, 6.45) is 3.41. The molecular formula is C16H23N5. The number of piperazine rings is 1. The van der Waals surface area contributed by atoms with Crippen LogP contribution in [-0.2, 0) is 6.54 Å². The monoisotopic (exact) mass is 285 g/mol. The van der Waals surface area contributed by atoms with Crippen molar-refractivity contribution in [3.8, 4) is 11.3 Å². The second kappa shape index (κ2) is 5.95. The van der Waals surface area contributed by atoms with E-state index in [9.17, 15) is 0 Å². The van der Waals surface area contributed by atoms with Crippen molar-refractivity contribution in [3.05, 3.63) is 35.5 Å². The highest BCUT2D eigenvalue weighted by molar-refractivity contribution is 5.67. The fourth-order valence-electron chi connectivity index (χ4n) is 3.03. The zero-order valence-electron chi connectivity index (χ0n) is 13.1. The van der Waals surface area contributed by atoms with E-state index in [0.717, 1.165) is 38.4 Å². The molecule has 0 aliphatic carbocycles. The van der Waals surface area contributed by atoms with Crippen LogP contribution in [0.3, 0.4) is 0 Å². The van der Waals surface area contributed by atoms with Gasteiger partial charge in [0.1, 0.15) is 6.33 Å². The Bertz CT molecular complexity index is 597. The van der Waals surface area contributed by atoms with Gasteiger partial charge in [-0.1, -0.05) is 0 Å². The molecule has 1 aliphatic heterocycles. The molecule has 1 fully saturated rings. The third kappa shape index (κ3) is 2.99. The van der Waals surface area contributed by atoms with E-state index in [0.29, 0.717) is 0 Å². The molecule has 1 aliphatic rings. The average molecular weight is 285 g/mol. The normalized spacial score (nSPS) is 17.3. The molecule has 0 radical (unpaired) electrons. The molecule has 0 bridgehead atoms. The Morgan fingerprint density at radius 2 is 1.95 bits per heavy atom.